The fraction of sp³-hybridized carbons (Fsp3) is 0.625. The summed E-state index contributed by atoms with van der Waals surface area (Å²) in [5, 5.41) is 0. The Morgan fingerprint density at radius 1 is 0.806 bits per heavy atom. The van der Waals surface area contributed by atoms with Crippen LogP contribution in [0.5, 0.6) is 0 Å². The highest BCUT2D eigenvalue weighted by Crippen LogP contribution is 2.44. The first-order valence-electron chi connectivity index (χ1n) is 14.0. The summed E-state index contributed by atoms with van der Waals surface area (Å²) in [5.41, 5.74) is 2.82. The summed E-state index contributed by atoms with van der Waals surface area (Å²) in [4.78, 5) is 20.6. The summed E-state index contributed by atoms with van der Waals surface area (Å²) < 4.78 is 0. The van der Waals surface area contributed by atoms with Crippen molar-refractivity contribution in [3.63, 3.8) is 0 Å². The number of fused-ring (bicyclic) bond motifs is 4. The second kappa shape index (κ2) is 13.7. The zero-order valence-electron chi connectivity index (χ0n) is 23.4. The van der Waals surface area contributed by atoms with Crippen LogP contribution in [0.25, 0.3) is 0 Å². The minimum Gasteiger partial charge on any atom is -0.229 e. The smallest absolute Gasteiger partial charge is 0.124 e. The molecule has 4 unspecified atom stereocenters. The molecule has 0 aromatic rings. The highest BCUT2D eigenvalue weighted by Gasteiger charge is 2.47. The van der Waals surface area contributed by atoms with E-state index in [1.54, 1.807) is 5.57 Å². The molecule has 200 valence electrons. The van der Waals surface area contributed by atoms with Gasteiger partial charge in [-0.05, 0) is 77.0 Å². The highest BCUT2D eigenvalue weighted by molar-refractivity contribution is 5.23. The Morgan fingerprint density at radius 2 is 1.44 bits per heavy atom. The summed E-state index contributed by atoms with van der Waals surface area (Å²) in [5.74, 6) is 1.22. The molecule has 0 aromatic heterocycles. The lowest BCUT2D eigenvalue weighted by molar-refractivity contribution is -0.431. The van der Waals surface area contributed by atoms with Gasteiger partial charge < -0.3 is 0 Å². The first-order valence-corrected chi connectivity index (χ1v) is 14.0. The van der Waals surface area contributed by atoms with E-state index in [2.05, 4.69) is 102 Å². The largest absolute Gasteiger partial charge is 0.229 e. The van der Waals surface area contributed by atoms with Crippen LogP contribution in [0.4, 0.5) is 0 Å². The Labute approximate surface area is 219 Å². The van der Waals surface area contributed by atoms with Crippen molar-refractivity contribution >= 4 is 0 Å². The van der Waals surface area contributed by atoms with E-state index in [1.807, 2.05) is 0 Å². The lowest BCUT2D eigenvalue weighted by atomic mass is 9.76. The maximum Gasteiger partial charge on any atom is 0.124 e. The normalized spacial score (nSPS) is 33.1. The Hall–Kier alpha value is -1.72. The molecule has 4 atom stereocenters. The Balaban J connectivity index is 0.000000138. The molecule has 0 spiro atoms. The van der Waals surface area contributed by atoms with Crippen molar-refractivity contribution in [1.82, 2.24) is 0 Å². The summed E-state index contributed by atoms with van der Waals surface area (Å²) in [7, 11) is 0. The molecule has 4 heterocycles. The van der Waals surface area contributed by atoms with Gasteiger partial charge >= 0.3 is 0 Å². The van der Waals surface area contributed by atoms with Gasteiger partial charge in [-0.1, -0.05) is 99.6 Å². The molecule has 0 aromatic carbocycles. The molecule has 0 N–H and O–H groups in total. The van der Waals surface area contributed by atoms with E-state index in [9.17, 15) is 0 Å². The van der Waals surface area contributed by atoms with E-state index in [-0.39, 0.29) is 23.4 Å². The zero-order valence-corrected chi connectivity index (χ0v) is 23.4. The molecule has 0 saturated carbocycles. The fourth-order valence-electron chi connectivity index (χ4n) is 4.67. The number of hydrogen-bond donors (Lipinski definition) is 0. The number of hydrogen-bond acceptors (Lipinski definition) is 4. The van der Waals surface area contributed by atoms with Crippen LogP contribution in [-0.4, -0.2) is 23.4 Å². The number of allylic oxidation sites excluding steroid dienone is 8. The maximum atomic E-state index is 5.44. The molecule has 4 aliphatic carbocycles. The predicted molar refractivity (Wildman–Crippen MR) is 148 cm³/mol. The molecule has 2 saturated heterocycles. The fourth-order valence-corrected chi connectivity index (χ4v) is 4.67. The molecule has 4 bridgehead atoms. The van der Waals surface area contributed by atoms with E-state index >= 15 is 0 Å². The van der Waals surface area contributed by atoms with Crippen molar-refractivity contribution in [2.75, 3.05) is 0 Å². The average molecular weight is 497 g/mol. The predicted octanol–water partition coefficient (Wildman–Crippen LogP) is 8.69. The lowest BCUT2D eigenvalue weighted by Gasteiger charge is -2.47. The van der Waals surface area contributed by atoms with Gasteiger partial charge in [-0.3, -0.25) is 0 Å². The van der Waals surface area contributed by atoms with Crippen molar-refractivity contribution in [3.8, 4) is 0 Å². The Kier molecular flexibility index (Phi) is 11.0. The van der Waals surface area contributed by atoms with Crippen molar-refractivity contribution in [2.45, 2.75) is 116 Å². The Morgan fingerprint density at radius 3 is 1.72 bits per heavy atom. The van der Waals surface area contributed by atoms with Crippen LogP contribution in [0.3, 0.4) is 0 Å². The molecule has 2 fully saturated rings. The quantitative estimate of drug-likeness (QED) is 0.283. The second-order valence-corrected chi connectivity index (χ2v) is 11.5. The van der Waals surface area contributed by atoms with E-state index in [0.29, 0.717) is 5.92 Å². The second-order valence-electron chi connectivity index (χ2n) is 11.5. The maximum absolute atomic E-state index is 5.44. The van der Waals surface area contributed by atoms with Crippen LogP contribution in [-0.2, 0) is 19.6 Å². The van der Waals surface area contributed by atoms with Crippen molar-refractivity contribution in [1.29, 1.82) is 0 Å². The zero-order chi connectivity index (χ0) is 26.0. The topological polar surface area (TPSA) is 36.9 Å². The lowest BCUT2D eigenvalue weighted by Crippen LogP contribution is -2.50. The van der Waals surface area contributed by atoms with Gasteiger partial charge in [-0.2, -0.15) is 0 Å². The van der Waals surface area contributed by atoms with E-state index in [4.69, 9.17) is 19.6 Å². The molecule has 4 aliphatic heterocycles. The van der Waals surface area contributed by atoms with Crippen LogP contribution in [0.15, 0.2) is 71.9 Å². The summed E-state index contributed by atoms with van der Waals surface area (Å²) in [6.07, 6.45) is 31.4. The average Bonchev–Trinajstić information content (AvgIpc) is 2.93. The van der Waals surface area contributed by atoms with E-state index in [1.165, 1.54) is 31.3 Å². The van der Waals surface area contributed by atoms with Gasteiger partial charge in [-0.15, -0.1) is 0 Å². The van der Waals surface area contributed by atoms with Crippen molar-refractivity contribution < 1.29 is 19.6 Å². The van der Waals surface area contributed by atoms with Gasteiger partial charge in [0.15, 0.2) is 0 Å². The molecule has 8 rings (SSSR count). The first kappa shape index (κ1) is 28.8. The summed E-state index contributed by atoms with van der Waals surface area (Å²) >= 11 is 0. The molecule has 4 nitrogen and oxygen atoms in total. The molecule has 0 amide bonds. The molecular weight excluding hydrogens is 448 g/mol. The van der Waals surface area contributed by atoms with Gasteiger partial charge in [-0.25, -0.2) is 19.6 Å². The van der Waals surface area contributed by atoms with Crippen LogP contribution < -0.4 is 0 Å². The van der Waals surface area contributed by atoms with Gasteiger partial charge in [0.05, 0.1) is 0 Å². The molecule has 36 heavy (non-hydrogen) atoms. The molecule has 4 heteroatoms. The third-order valence-corrected chi connectivity index (χ3v) is 7.69. The summed E-state index contributed by atoms with van der Waals surface area (Å²) in [6.45, 7) is 13.1. The standard InChI is InChI=1S/C10H16O2.C10H16.C6H8O2.C6H8/c1-8(2)10-6-4-9(3,5-7-10)11-12-10;1-8(2)10-6-4-9(3)5-7-10;1-2-6-4-3-5(1)7-8-6;1-2-4-6-5-3-1/h4,6,8H,5,7H2,1-3H3;4,6,8H,5,7H2,1-3H3;1-2,5-6H,3-4H2;1-4H,5-6H2. The van der Waals surface area contributed by atoms with Crippen LogP contribution in [0, 0.1) is 11.8 Å². The van der Waals surface area contributed by atoms with Crippen LogP contribution >= 0.6 is 0 Å². The van der Waals surface area contributed by atoms with Gasteiger partial charge in [0.25, 0.3) is 0 Å². The molecule has 8 aliphatic rings. The molecule has 0 radical (unpaired) electrons. The third kappa shape index (κ3) is 8.69. The SMILES string of the molecule is C1=CC2CCC1OO2.C1=CCCC=C1.CC(C)C12C=CC(C)(CC1)OO2.CC1=CC=C(C(C)C)CC1. The van der Waals surface area contributed by atoms with E-state index < -0.39 is 0 Å². The van der Waals surface area contributed by atoms with Gasteiger partial charge in [0.2, 0.25) is 0 Å². The first-order chi connectivity index (χ1) is 17.2. The van der Waals surface area contributed by atoms with Gasteiger partial charge in [0.1, 0.15) is 23.4 Å². The number of rotatable bonds is 2. The van der Waals surface area contributed by atoms with Crippen LogP contribution in [0.1, 0.15) is 92.9 Å². The van der Waals surface area contributed by atoms with Crippen molar-refractivity contribution in [3.05, 3.63) is 71.9 Å². The van der Waals surface area contributed by atoms with E-state index in [0.717, 1.165) is 31.6 Å². The highest BCUT2D eigenvalue weighted by atomic mass is 17.2. The third-order valence-electron chi connectivity index (χ3n) is 7.69. The van der Waals surface area contributed by atoms with Crippen LogP contribution in [0.2, 0.25) is 0 Å². The molecular formula is C32H48O4. The van der Waals surface area contributed by atoms with Crippen molar-refractivity contribution in [2.24, 2.45) is 11.8 Å². The summed E-state index contributed by atoms with van der Waals surface area (Å²) in [6, 6.07) is 0. The Bertz CT molecular complexity index is 829. The van der Waals surface area contributed by atoms with Gasteiger partial charge in [0, 0.05) is 0 Å². The minimum atomic E-state index is -0.156. The minimum absolute atomic E-state index is 0.141. The monoisotopic (exact) mass is 496 g/mol.